The smallest absolute Gasteiger partial charge is 0.124 e. The molecule has 0 aromatic heterocycles. The third-order valence-corrected chi connectivity index (χ3v) is 16.5. The van der Waals surface area contributed by atoms with Crippen molar-refractivity contribution in [3.63, 3.8) is 0 Å². The van der Waals surface area contributed by atoms with Gasteiger partial charge in [0.1, 0.15) is 11.5 Å². The van der Waals surface area contributed by atoms with Gasteiger partial charge in [-0.3, -0.25) is 0 Å². The van der Waals surface area contributed by atoms with E-state index in [0.29, 0.717) is 5.92 Å². The van der Waals surface area contributed by atoms with Gasteiger partial charge in [0.15, 0.2) is 0 Å². The first-order chi connectivity index (χ1) is 19.8. The normalized spacial score (nSPS) is 21.0. The largest absolute Gasteiger partial charge is 0.496 e. The second-order valence-corrected chi connectivity index (χ2v) is 18.2. The predicted molar refractivity (Wildman–Crippen MR) is 182 cm³/mol. The number of hydrogen-bond donors (Lipinski definition) is 0. The van der Waals surface area contributed by atoms with Crippen LogP contribution in [-0.4, -0.2) is 31.2 Å². The average molecular weight is 591 g/mol. The summed E-state index contributed by atoms with van der Waals surface area (Å²) in [7, 11) is 2.89. The van der Waals surface area contributed by atoms with Gasteiger partial charge >= 0.3 is 0 Å². The van der Waals surface area contributed by atoms with Gasteiger partial charge in [-0.05, 0) is 141 Å². The number of ether oxygens (including phenoxy) is 2. The Hall–Kier alpha value is -1.62. The highest BCUT2D eigenvalue weighted by atomic mass is 31.1. The monoisotopic (exact) mass is 590 g/mol. The number of methoxy groups -OCH3 is 2. The van der Waals surface area contributed by atoms with Gasteiger partial charge in [0, 0.05) is 5.92 Å². The Labute approximate surface area is 252 Å². The second kappa shape index (κ2) is 13.8. The number of aryl methyl sites for hydroxylation is 4. The van der Waals surface area contributed by atoms with Crippen LogP contribution < -0.4 is 20.1 Å². The molecule has 2 atom stereocenters. The van der Waals surface area contributed by atoms with E-state index in [-0.39, 0.29) is 7.92 Å². The fraction of sp³-hybridized carbons (Fsp3) is 0.568. The highest BCUT2D eigenvalue weighted by Gasteiger charge is 2.40. The Bertz CT molecular complexity index is 1140. The lowest BCUT2D eigenvalue weighted by Gasteiger charge is -2.44. The molecule has 41 heavy (non-hydrogen) atoms. The van der Waals surface area contributed by atoms with Crippen LogP contribution in [0.1, 0.15) is 93.4 Å². The summed E-state index contributed by atoms with van der Waals surface area (Å²) in [6.45, 7) is 11.5. The molecular formula is C37H52O2P2. The average Bonchev–Trinajstić information content (AvgIpc) is 3.44. The van der Waals surface area contributed by atoms with Crippen molar-refractivity contribution < 1.29 is 9.47 Å². The van der Waals surface area contributed by atoms with Crippen LogP contribution in [0.15, 0.2) is 47.8 Å². The number of benzene rings is 2. The summed E-state index contributed by atoms with van der Waals surface area (Å²) in [5, 5.41) is 4.55. The summed E-state index contributed by atoms with van der Waals surface area (Å²) in [4.78, 5) is 0. The molecule has 2 saturated carbocycles. The molecule has 2 nitrogen and oxygen atoms in total. The van der Waals surface area contributed by atoms with Crippen molar-refractivity contribution in [3.05, 3.63) is 70.1 Å². The molecule has 222 valence electrons. The van der Waals surface area contributed by atoms with Gasteiger partial charge in [0.25, 0.3) is 0 Å². The molecule has 3 aliphatic carbocycles. The Morgan fingerprint density at radius 2 is 1.07 bits per heavy atom. The zero-order valence-electron chi connectivity index (χ0n) is 26.6. The zero-order chi connectivity index (χ0) is 29.1. The van der Waals surface area contributed by atoms with E-state index in [1.807, 2.05) is 0 Å². The standard InChI is InChI=1S/C37H52O2P2/c1-25-21-32(22-26(2)36(25)38-6)41(33-23-27(3)37(39-7)28(4)24-33)35-20-14-19-34(35)29(5)40(30-15-10-8-11-16-30)31-17-12-9-13-18-31/h14,19-24,29-31,34H,8-13,15-18H2,1-7H3/t29-,34+/m1/s1. The first-order valence-electron chi connectivity index (χ1n) is 16.1. The molecule has 0 bridgehead atoms. The summed E-state index contributed by atoms with van der Waals surface area (Å²) in [5.41, 5.74) is 7.61. The molecular weight excluding hydrogens is 538 g/mol. The lowest BCUT2D eigenvalue weighted by Crippen LogP contribution is -2.30. The molecule has 4 heteroatoms. The summed E-state index contributed by atoms with van der Waals surface area (Å²) >= 11 is 0. The van der Waals surface area contributed by atoms with Crippen LogP contribution in [-0.2, 0) is 0 Å². The maximum absolute atomic E-state index is 5.80. The highest BCUT2D eigenvalue weighted by Crippen LogP contribution is 2.64. The van der Waals surface area contributed by atoms with Crippen molar-refractivity contribution in [2.45, 2.75) is 116 Å². The van der Waals surface area contributed by atoms with Crippen LogP contribution >= 0.6 is 15.8 Å². The summed E-state index contributed by atoms with van der Waals surface area (Å²) in [6, 6.07) is 9.66. The Morgan fingerprint density at radius 3 is 1.46 bits per heavy atom. The van der Waals surface area contributed by atoms with Gasteiger partial charge in [-0.2, -0.15) is 0 Å². The van der Waals surface area contributed by atoms with E-state index >= 15 is 0 Å². The summed E-state index contributed by atoms with van der Waals surface area (Å²) in [5.74, 6) is 2.57. The van der Waals surface area contributed by atoms with Crippen LogP contribution in [0.2, 0.25) is 0 Å². The molecule has 2 fully saturated rings. The Kier molecular flexibility index (Phi) is 10.4. The molecule has 0 spiro atoms. The van der Waals surface area contributed by atoms with E-state index < -0.39 is 7.92 Å². The van der Waals surface area contributed by atoms with Crippen LogP contribution in [0.5, 0.6) is 11.5 Å². The molecule has 0 amide bonds. The van der Waals surface area contributed by atoms with Gasteiger partial charge in [0.2, 0.25) is 0 Å². The third-order valence-electron chi connectivity index (χ3n) is 9.98. The number of hydrogen-bond acceptors (Lipinski definition) is 2. The fourth-order valence-corrected chi connectivity index (χ4v) is 15.9. The fourth-order valence-electron chi connectivity index (χ4n) is 8.23. The maximum atomic E-state index is 5.80. The van der Waals surface area contributed by atoms with Gasteiger partial charge in [-0.1, -0.05) is 71.6 Å². The van der Waals surface area contributed by atoms with E-state index in [9.17, 15) is 0 Å². The molecule has 3 aliphatic rings. The van der Waals surface area contributed by atoms with E-state index in [4.69, 9.17) is 9.47 Å². The molecule has 0 aliphatic heterocycles. The van der Waals surface area contributed by atoms with Crippen molar-refractivity contribution in [1.82, 2.24) is 0 Å². The van der Waals surface area contributed by atoms with Crippen molar-refractivity contribution in [1.29, 1.82) is 0 Å². The first kappa shape index (κ1) is 30.8. The van der Waals surface area contributed by atoms with E-state index in [1.54, 1.807) is 19.5 Å². The molecule has 0 saturated heterocycles. The molecule has 5 rings (SSSR count). The zero-order valence-corrected chi connectivity index (χ0v) is 28.4. The minimum absolute atomic E-state index is 0.0206. The van der Waals surface area contributed by atoms with Crippen LogP contribution in [0.3, 0.4) is 0 Å². The summed E-state index contributed by atoms with van der Waals surface area (Å²) < 4.78 is 11.6. The first-order valence-corrected chi connectivity index (χ1v) is 19.0. The van der Waals surface area contributed by atoms with E-state index in [1.165, 1.54) is 97.1 Å². The third kappa shape index (κ3) is 6.50. The van der Waals surface area contributed by atoms with Gasteiger partial charge in [-0.15, -0.1) is 0 Å². The van der Waals surface area contributed by atoms with Crippen LogP contribution in [0, 0.1) is 33.6 Å². The molecule has 0 radical (unpaired) electrons. The van der Waals surface area contributed by atoms with Gasteiger partial charge in [0.05, 0.1) is 14.2 Å². The number of allylic oxidation sites excluding steroid dienone is 4. The molecule has 0 unspecified atom stereocenters. The Morgan fingerprint density at radius 1 is 0.659 bits per heavy atom. The molecule has 0 heterocycles. The maximum Gasteiger partial charge on any atom is 0.124 e. The SMILES string of the molecule is COc1c(C)cc(P(C2=CC=C[C@H]2[C@@H](C)P(C2CCCCC2)C2CCCCC2)c2cc(C)c(OC)c(C)c2)cc1C. The van der Waals surface area contributed by atoms with Crippen molar-refractivity contribution >= 4 is 26.5 Å². The molecule has 0 N–H and O–H groups in total. The van der Waals surface area contributed by atoms with Gasteiger partial charge < -0.3 is 9.47 Å². The molecule has 2 aromatic carbocycles. The highest BCUT2D eigenvalue weighted by molar-refractivity contribution is 7.77. The second-order valence-electron chi connectivity index (χ2n) is 12.8. The van der Waals surface area contributed by atoms with Crippen LogP contribution in [0.25, 0.3) is 0 Å². The van der Waals surface area contributed by atoms with Gasteiger partial charge in [-0.25, -0.2) is 0 Å². The van der Waals surface area contributed by atoms with Crippen LogP contribution in [0.4, 0.5) is 0 Å². The molecule has 2 aromatic rings. The predicted octanol–water partition coefficient (Wildman–Crippen LogP) is 9.98. The number of rotatable bonds is 9. The van der Waals surface area contributed by atoms with Crippen molar-refractivity contribution in [2.75, 3.05) is 14.2 Å². The van der Waals surface area contributed by atoms with Crippen molar-refractivity contribution in [3.8, 4) is 11.5 Å². The van der Waals surface area contributed by atoms with E-state index in [2.05, 4.69) is 77.1 Å². The quantitative estimate of drug-likeness (QED) is 0.271. The lowest BCUT2D eigenvalue weighted by molar-refractivity contribution is 0.408. The lowest BCUT2D eigenvalue weighted by atomic mass is 9.99. The minimum atomic E-state index is -0.685. The minimum Gasteiger partial charge on any atom is -0.496 e. The summed E-state index contributed by atoms with van der Waals surface area (Å²) in [6.07, 6.45) is 22.1. The van der Waals surface area contributed by atoms with Crippen molar-refractivity contribution in [2.24, 2.45) is 5.92 Å². The van der Waals surface area contributed by atoms with E-state index in [0.717, 1.165) is 28.5 Å². The Balaban J connectivity index is 1.58. The topological polar surface area (TPSA) is 18.5 Å².